The van der Waals surface area contributed by atoms with E-state index >= 15 is 0 Å². The van der Waals surface area contributed by atoms with Gasteiger partial charge in [0, 0.05) is 0 Å². The number of methoxy groups -OCH3 is 2. The Bertz CT molecular complexity index is 598. The van der Waals surface area contributed by atoms with Gasteiger partial charge >= 0.3 is 154 Å². The van der Waals surface area contributed by atoms with E-state index in [2.05, 4.69) is 0 Å². The molecular weight excluding hydrogens is 414 g/mol. The molecule has 0 amide bonds. The van der Waals surface area contributed by atoms with Gasteiger partial charge in [-0.05, 0) is 0 Å². The van der Waals surface area contributed by atoms with Crippen LogP contribution in [0.15, 0.2) is 60.7 Å². The van der Waals surface area contributed by atoms with E-state index in [0.29, 0.717) is 0 Å². The fraction of sp³-hybridized carbons (Fsp3) is 0.333. The molecule has 6 heteroatoms. The standard InChI is InChI=1S/C18H20Cl2O3Se/c1-21-17-15(13-9-5-3-6-10-13)24(19,20)16(18(22-2)23-17)14-11-7-4-8-12-14/h3-12,15-18H,1-2H3. The Balaban J connectivity index is 2.08. The van der Waals surface area contributed by atoms with E-state index in [1.165, 1.54) is 0 Å². The zero-order valence-corrected chi connectivity index (χ0v) is 16.7. The van der Waals surface area contributed by atoms with Gasteiger partial charge in [-0.1, -0.05) is 0 Å². The summed E-state index contributed by atoms with van der Waals surface area (Å²) in [4.78, 5) is -0.403. The van der Waals surface area contributed by atoms with Crippen molar-refractivity contribution in [2.45, 2.75) is 22.2 Å². The van der Waals surface area contributed by atoms with Gasteiger partial charge in [0.05, 0.1) is 0 Å². The van der Waals surface area contributed by atoms with Gasteiger partial charge in [-0.15, -0.1) is 0 Å². The molecule has 2 aromatic carbocycles. The topological polar surface area (TPSA) is 27.7 Å². The fourth-order valence-corrected chi connectivity index (χ4v) is 11.8. The molecule has 130 valence electrons. The number of rotatable bonds is 4. The second-order valence-electron chi connectivity index (χ2n) is 5.56. The van der Waals surface area contributed by atoms with Crippen molar-refractivity contribution in [3.63, 3.8) is 0 Å². The van der Waals surface area contributed by atoms with E-state index < -0.39 is 23.6 Å². The molecule has 1 saturated heterocycles. The summed E-state index contributed by atoms with van der Waals surface area (Å²) in [5.74, 6) is 0. The van der Waals surface area contributed by atoms with Gasteiger partial charge in [-0.2, -0.15) is 0 Å². The molecule has 0 spiro atoms. The molecule has 1 fully saturated rings. The maximum absolute atomic E-state index is 7.10. The Hall–Kier alpha value is -0.581. The number of halogens is 2. The van der Waals surface area contributed by atoms with Crippen LogP contribution in [0.25, 0.3) is 0 Å². The van der Waals surface area contributed by atoms with Crippen molar-refractivity contribution >= 4 is 31.2 Å². The molecular formula is C18H20Cl2O3Se. The summed E-state index contributed by atoms with van der Waals surface area (Å²) in [6, 6.07) is 19.9. The molecule has 0 radical (unpaired) electrons. The first-order valence-corrected chi connectivity index (χ1v) is 14.1. The summed E-state index contributed by atoms with van der Waals surface area (Å²) in [7, 11) is 17.4. The Morgan fingerprint density at radius 1 is 0.750 bits per heavy atom. The van der Waals surface area contributed by atoms with E-state index in [9.17, 15) is 0 Å². The van der Waals surface area contributed by atoms with Crippen molar-refractivity contribution in [3.05, 3.63) is 71.8 Å². The van der Waals surface area contributed by atoms with Crippen molar-refractivity contribution in [3.8, 4) is 0 Å². The first-order valence-electron chi connectivity index (χ1n) is 7.60. The zero-order valence-electron chi connectivity index (χ0n) is 13.5. The average molecular weight is 434 g/mol. The van der Waals surface area contributed by atoms with Crippen molar-refractivity contribution in [2.24, 2.45) is 0 Å². The third-order valence-electron chi connectivity index (χ3n) is 4.16. The van der Waals surface area contributed by atoms with Gasteiger partial charge in [-0.25, -0.2) is 0 Å². The van der Waals surface area contributed by atoms with Crippen LogP contribution < -0.4 is 0 Å². The Labute approximate surface area is 153 Å². The fourth-order valence-electron chi connectivity index (χ4n) is 3.05. The van der Waals surface area contributed by atoms with Crippen molar-refractivity contribution in [1.82, 2.24) is 0 Å². The van der Waals surface area contributed by atoms with Crippen LogP contribution in [0.4, 0.5) is 0 Å². The molecule has 0 N–H and O–H groups in total. The number of ether oxygens (including phenoxy) is 3. The van der Waals surface area contributed by atoms with Gasteiger partial charge in [-0.3, -0.25) is 0 Å². The summed E-state index contributed by atoms with van der Waals surface area (Å²) in [6.45, 7) is 0. The van der Waals surface area contributed by atoms with Crippen LogP contribution in [0, 0.1) is 0 Å². The number of benzene rings is 2. The van der Waals surface area contributed by atoms with Crippen molar-refractivity contribution < 1.29 is 14.2 Å². The molecule has 2 aromatic rings. The molecule has 0 saturated carbocycles. The number of hydrogen-bond acceptors (Lipinski definition) is 3. The maximum atomic E-state index is 7.10. The molecule has 4 atom stereocenters. The SMILES string of the molecule is COC1OC(OC)C(c2ccccc2)[Se](Cl)(Cl)C1c1ccccc1. The van der Waals surface area contributed by atoms with Crippen LogP contribution in [0.1, 0.15) is 20.8 Å². The molecule has 3 nitrogen and oxygen atoms in total. The first-order chi connectivity index (χ1) is 11.6. The molecule has 0 aliphatic carbocycles. The van der Waals surface area contributed by atoms with E-state index in [1.54, 1.807) is 14.2 Å². The van der Waals surface area contributed by atoms with Gasteiger partial charge in [0.2, 0.25) is 0 Å². The van der Waals surface area contributed by atoms with Gasteiger partial charge in [0.25, 0.3) is 0 Å². The van der Waals surface area contributed by atoms with Gasteiger partial charge < -0.3 is 0 Å². The Morgan fingerprint density at radius 2 is 1.12 bits per heavy atom. The molecule has 1 aliphatic rings. The second-order valence-corrected chi connectivity index (χ2v) is 16.1. The van der Waals surface area contributed by atoms with Crippen molar-refractivity contribution in [1.29, 1.82) is 0 Å². The molecule has 3 rings (SSSR count). The van der Waals surface area contributed by atoms with E-state index in [-0.39, 0.29) is 9.63 Å². The summed E-state index contributed by atoms with van der Waals surface area (Å²) in [5, 5.41) is 0. The third-order valence-corrected chi connectivity index (χ3v) is 13.1. The molecule has 0 bridgehead atoms. The van der Waals surface area contributed by atoms with Crippen LogP contribution in [-0.4, -0.2) is 37.8 Å². The Kier molecular flexibility index (Phi) is 5.89. The predicted octanol–water partition coefficient (Wildman–Crippen LogP) is 4.53. The van der Waals surface area contributed by atoms with E-state index in [1.807, 2.05) is 60.7 Å². The molecule has 0 aromatic heterocycles. The Morgan fingerprint density at radius 3 is 1.46 bits per heavy atom. The van der Waals surface area contributed by atoms with E-state index in [4.69, 9.17) is 34.4 Å². The minimum atomic E-state index is -3.15. The van der Waals surface area contributed by atoms with Crippen LogP contribution in [0.2, 0.25) is 0 Å². The summed E-state index contributed by atoms with van der Waals surface area (Å²) >= 11 is -3.15. The van der Waals surface area contributed by atoms with Crippen molar-refractivity contribution in [2.75, 3.05) is 14.2 Å². The summed E-state index contributed by atoms with van der Waals surface area (Å²) < 4.78 is 17.2. The molecule has 1 heterocycles. The molecule has 1 aliphatic heterocycles. The molecule has 4 unspecified atom stereocenters. The monoisotopic (exact) mass is 434 g/mol. The second kappa shape index (κ2) is 7.75. The summed E-state index contributed by atoms with van der Waals surface area (Å²) in [5.41, 5.74) is 2.06. The third kappa shape index (κ3) is 3.38. The van der Waals surface area contributed by atoms with Crippen LogP contribution in [0.5, 0.6) is 0 Å². The van der Waals surface area contributed by atoms with Gasteiger partial charge in [0.15, 0.2) is 0 Å². The van der Waals surface area contributed by atoms with Gasteiger partial charge in [0.1, 0.15) is 0 Å². The minimum absolute atomic E-state index is 0.201. The van der Waals surface area contributed by atoms with Crippen LogP contribution in [-0.2, 0) is 14.2 Å². The number of hydrogen-bond donors (Lipinski definition) is 0. The quantitative estimate of drug-likeness (QED) is 0.663. The first kappa shape index (κ1) is 18.2. The average Bonchev–Trinajstić information content (AvgIpc) is 2.61. The van der Waals surface area contributed by atoms with Crippen LogP contribution >= 0.6 is 20.2 Å². The summed E-state index contributed by atoms with van der Waals surface area (Å²) in [6.07, 6.45) is -1.07. The zero-order chi connectivity index (χ0) is 17.2. The van der Waals surface area contributed by atoms with E-state index in [0.717, 1.165) is 11.1 Å². The molecule has 24 heavy (non-hydrogen) atoms. The predicted molar refractivity (Wildman–Crippen MR) is 98.5 cm³/mol. The normalized spacial score (nSPS) is 30.7. The van der Waals surface area contributed by atoms with Crippen LogP contribution in [0.3, 0.4) is 0 Å².